The zero-order valence-electron chi connectivity index (χ0n) is 49.4. The standard InChI is InChI=1S/C61H97N5O10/c1-17-38(7)58(63(11)61(71)45(36(3)4)31-51(68)57(37(5)6)62(9)10)44(35-67)30-56(69)65-23-19-20-48(65)59(76-16)39(8)60(70)66-25-22-42-29-53(73-13)55(75-15)33-47(42)50(66)27-43-26-49-46-32-54(74-14)52(72-12)28-41(46)21-24-64(49)34-40(43)18-2/h28-29,32-33,36-40,43-45,48-50,57-59,67H,17-27,30-31,34-35H2,1-16H3/t38-,39+,40-,43+,44-,45-,48?,49?,50+,57-,58?,59+/m0/s1. The fourth-order valence-electron chi connectivity index (χ4n) is 14.3. The summed E-state index contributed by atoms with van der Waals surface area (Å²) in [6.07, 6.45) is 6.07. The smallest absolute Gasteiger partial charge is 0.228 e. The number of Topliss-reactive ketones (excluding diaryl/α,β-unsaturated/α-hetero) is 1. The molecule has 0 spiro atoms. The number of piperidine rings is 1. The number of methoxy groups -OCH3 is 5. The molecule has 1 N–H and O–H groups in total. The first-order chi connectivity index (χ1) is 36.2. The molecule has 6 rings (SSSR count). The second-order valence-corrected chi connectivity index (χ2v) is 23.7. The number of carbonyl (C=O) groups excluding carboxylic acids is 4. The van der Waals surface area contributed by atoms with Gasteiger partial charge in [-0.2, -0.15) is 0 Å². The van der Waals surface area contributed by atoms with Gasteiger partial charge >= 0.3 is 0 Å². The van der Waals surface area contributed by atoms with Crippen molar-refractivity contribution in [1.82, 2.24) is 24.5 Å². The molecule has 3 amide bonds. The van der Waals surface area contributed by atoms with Crippen LogP contribution in [0.15, 0.2) is 24.3 Å². The SMILES string of the molecule is CC[C@H]1CN2CCc3cc(OC)c(OC)cc3C2C[C@@H]1C[C@@H]1c2cc(OC)c(OC)cc2CCN1C(=O)[C@H](C)[C@@H](OC)C1CCCN1C(=O)C[C@@H](CO)C([C@@H](C)CC)N(C)C(=O)[C@@H](CC(=O)[C@H](C(C)C)N(C)C)C(C)C. The molecule has 2 saturated heterocycles. The van der Waals surface area contributed by atoms with Crippen LogP contribution in [0.4, 0.5) is 0 Å². The van der Waals surface area contributed by atoms with Crippen LogP contribution in [0.5, 0.6) is 23.0 Å². The fourth-order valence-corrected chi connectivity index (χ4v) is 14.3. The van der Waals surface area contributed by atoms with Gasteiger partial charge in [0.2, 0.25) is 17.7 Å². The summed E-state index contributed by atoms with van der Waals surface area (Å²) in [4.78, 5) is 69.0. The van der Waals surface area contributed by atoms with Crippen LogP contribution in [0.1, 0.15) is 141 Å². The van der Waals surface area contributed by atoms with Gasteiger partial charge in [0.25, 0.3) is 0 Å². The van der Waals surface area contributed by atoms with E-state index >= 15 is 4.79 Å². The lowest BCUT2D eigenvalue weighted by Gasteiger charge is -2.49. The minimum Gasteiger partial charge on any atom is -0.493 e. The van der Waals surface area contributed by atoms with Crippen molar-refractivity contribution < 1.29 is 48.0 Å². The van der Waals surface area contributed by atoms with Crippen LogP contribution >= 0.6 is 0 Å². The Labute approximate surface area is 456 Å². The zero-order chi connectivity index (χ0) is 55.9. The van der Waals surface area contributed by atoms with Crippen LogP contribution < -0.4 is 18.9 Å². The van der Waals surface area contributed by atoms with Crippen molar-refractivity contribution in [1.29, 1.82) is 0 Å². The Balaban J connectivity index is 1.26. The molecule has 2 aromatic carbocycles. The van der Waals surface area contributed by atoms with Crippen LogP contribution in [0.3, 0.4) is 0 Å². The van der Waals surface area contributed by atoms with Crippen molar-refractivity contribution in [2.45, 2.75) is 156 Å². The van der Waals surface area contributed by atoms with E-state index in [9.17, 15) is 19.5 Å². The number of aliphatic hydroxyl groups is 1. The Bertz CT molecular complexity index is 2280. The minimum atomic E-state index is -0.591. The van der Waals surface area contributed by atoms with Crippen LogP contribution in [0.25, 0.3) is 0 Å². The van der Waals surface area contributed by atoms with Gasteiger partial charge in [-0.1, -0.05) is 68.2 Å². The maximum Gasteiger partial charge on any atom is 0.228 e. The van der Waals surface area contributed by atoms with E-state index in [2.05, 4.69) is 54.8 Å². The van der Waals surface area contributed by atoms with Gasteiger partial charge < -0.3 is 43.5 Å². The third-order valence-electron chi connectivity index (χ3n) is 18.5. The third kappa shape index (κ3) is 12.8. The quantitative estimate of drug-likeness (QED) is 0.102. The minimum absolute atomic E-state index is 0.00407. The number of amides is 3. The maximum atomic E-state index is 15.5. The lowest BCUT2D eigenvalue weighted by Crippen LogP contribution is -2.54. The molecule has 12 atom stereocenters. The average Bonchev–Trinajstić information content (AvgIpc) is 3.92. The molecule has 4 aliphatic heterocycles. The topological polar surface area (TPSA) is 151 Å². The number of ether oxygens (including phenoxy) is 5. The Kier molecular flexibility index (Phi) is 21.6. The van der Waals surface area contributed by atoms with Crippen LogP contribution in [-0.4, -0.2) is 167 Å². The molecule has 4 heterocycles. The molecule has 0 aromatic heterocycles. The number of likely N-dealkylation sites (N-methyl/N-ethyl adjacent to an activating group) is 1. The molecule has 0 saturated carbocycles. The summed E-state index contributed by atoms with van der Waals surface area (Å²) >= 11 is 0. The first-order valence-electron chi connectivity index (χ1n) is 28.7. The summed E-state index contributed by atoms with van der Waals surface area (Å²) in [6.45, 7) is 19.1. The number of aliphatic hydroxyl groups excluding tert-OH is 1. The summed E-state index contributed by atoms with van der Waals surface area (Å²) in [6, 6.07) is 7.34. The van der Waals surface area contributed by atoms with Crippen LogP contribution in [0, 0.1) is 47.3 Å². The van der Waals surface area contributed by atoms with Gasteiger partial charge in [-0.3, -0.25) is 29.0 Å². The molecular weight excluding hydrogens is 963 g/mol. The van der Waals surface area contributed by atoms with Gasteiger partial charge in [-0.25, -0.2) is 0 Å². The summed E-state index contributed by atoms with van der Waals surface area (Å²) in [5.41, 5.74) is 4.83. The number of hydrogen-bond acceptors (Lipinski definition) is 12. The Hall–Kier alpha value is -4.44. The van der Waals surface area contributed by atoms with Crippen LogP contribution in [0.2, 0.25) is 0 Å². The highest BCUT2D eigenvalue weighted by Gasteiger charge is 2.47. The molecule has 0 aliphatic carbocycles. The van der Waals surface area contributed by atoms with E-state index in [-0.39, 0.29) is 84.9 Å². The first kappa shape index (κ1) is 60.8. The van der Waals surface area contributed by atoms with E-state index in [1.807, 2.05) is 58.5 Å². The molecule has 2 aromatic rings. The molecule has 76 heavy (non-hydrogen) atoms. The second-order valence-electron chi connectivity index (χ2n) is 23.7. The van der Waals surface area contributed by atoms with E-state index in [1.165, 1.54) is 11.1 Å². The van der Waals surface area contributed by atoms with Crippen molar-refractivity contribution in [2.24, 2.45) is 47.3 Å². The number of likely N-dealkylation sites (tertiary alicyclic amines) is 1. The van der Waals surface area contributed by atoms with Gasteiger partial charge in [0.15, 0.2) is 28.8 Å². The normalized spacial score (nSPS) is 23.4. The van der Waals surface area contributed by atoms with E-state index in [0.717, 1.165) is 74.2 Å². The third-order valence-corrected chi connectivity index (χ3v) is 18.5. The summed E-state index contributed by atoms with van der Waals surface area (Å²) in [5, 5.41) is 11.2. The average molecular weight is 1060 g/mol. The van der Waals surface area contributed by atoms with Crippen molar-refractivity contribution in [2.75, 3.05) is 89.5 Å². The van der Waals surface area contributed by atoms with Crippen molar-refractivity contribution >= 4 is 23.5 Å². The van der Waals surface area contributed by atoms with Gasteiger partial charge in [-0.15, -0.1) is 0 Å². The predicted octanol–water partition coefficient (Wildman–Crippen LogP) is 8.51. The number of ketones is 1. The van der Waals surface area contributed by atoms with Crippen molar-refractivity contribution in [3.8, 4) is 23.0 Å². The van der Waals surface area contributed by atoms with Crippen molar-refractivity contribution in [3.63, 3.8) is 0 Å². The molecule has 3 unspecified atom stereocenters. The number of carbonyl (C=O) groups is 4. The molecule has 15 nitrogen and oxygen atoms in total. The lowest BCUT2D eigenvalue weighted by atomic mass is 9.72. The summed E-state index contributed by atoms with van der Waals surface area (Å²) < 4.78 is 29.6. The number of fused-ring (bicyclic) bond motifs is 4. The number of hydrogen-bond donors (Lipinski definition) is 1. The monoisotopic (exact) mass is 1060 g/mol. The molecule has 4 aliphatic rings. The fraction of sp³-hybridized carbons (Fsp3) is 0.738. The molecule has 0 radical (unpaired) electrons. The number of nitrogens with zero attached hydrogens (tertiary/aromatic N) is 5. The predicted molar refractivity (Wildman–Crippen MR) is 298 cm³/mol. The van der Waals surface area contributed by atoms with Crippen molar-refractivity contribution in [3.05, 3.63) is 46.5 Å². The largest absolute Gasteiger partial charge is 0.493 e. The van der Waals surface area contributed by atoms with E-state index < -0.39 is 29.9 Å². The van der Waals surface area contributed by atoms with Gasteiger partial charge in [0.05, 0.1) is 58.6 Å². The highest BCUT2D eigenvalue weighted by molar-refractivity contribution is 5.90. The first-order valence-corrected chi connectivity index (χ1v) is 28.7. The molecular formula is C61H97N5O10. The van der Waals surface area contributed by atoms with Gasteiger partial charge in [0.1, 0.15) is 0 Å². The van der Waals surface area contributed by atoms with E-state index in [1.54, 1.807) is 47.5 Å². The molecule has 426 valence electrons. The Morgan fingerprint density at radius 3 is 1.87 bits per heavy atom. The zero-order valence-corrected chi connectivity index (χ0v) is 49.4. The van der Waals surface area contributed by atoms with E-state index in [4.69, 9.17) is 23.7 Å². The van der Waals surface area contributed by atoms with Gasteiger partial charge in [0, 0.05) is 83.7 Å². The Morgan fingerprint density at radius 1 is 0.737 bits per heavy atom. The Morgan fingerprint density at radius 2 is 1.33 bits per heavy atom. The van der Waals surface area contributed by atoms with Crippen LogP contribution in [-0.2, 0) is 36.8 Å². The second kappa shape index (κ2) is 26.9. The summed E-state index contributed by atoms with van der Waals surface area (Å²) in [5.74, 6) is 1.55. The highest BCUT2D eigenvalue weighted by Crippen LogP contribution is 2.50. The highest BCUT2D eigenvalue weighted by atomic mass is 16.5. The van der Waals surface area contributed by atoms with E-state index in [0.29, 0.717) is 49.3 Å². The molecule has 0 bridgehead atoms. The maximum absolute atomic E-state index is 15.5. The summed E-state index contributed by atoms with van der Waals surface area (Å²) in [7, 11) is 13.9. The van der Waals surface area contributed by atoms with Gasteiger partial charge in [-0.05, 0) is 129 Å². The lowest BCUT2D eigenvalue weighted by molar-refractivity contribution is -0.149. The number of benzene rings is 2. The number of rotatable bonds is 25. The molecule has 15 heteroatoms. The molecule has 2 fully saturated rings.